The molecule has 1 atom stereocenters. The Bertz CT molecular complexity index is 508. The van der Waals surface area contributed by atoms with Crippen LogP contribution in [0.5, 0.6) is 0 Å². The summed E-state index contributed by atoms with van der Waals surface area (Å²) in [6.07, 6.45) is 5.32. The average Bonchev–Trinajstić information content (AvgIpc) is 3.09. The minimum atomic E-state index is 0. The number of hydrogen-bond acceptors (Lipinski definition) is 2. The zero-order chi connectivity index (χ0) is 14.7. The molecule has 22 heavy (non-hydrogen) atoms. The van der Waals surface area contributed by atoms with Crippen LogP contribution in [0.4, 0.5) is 0 Å². The van der Waals surface area contributed by atoms with Crippen molar-refractivity contribution in [1.29, 1.82) is 0 Å². The van der Waals surface area contributed by atoms with Crippen LogP contribution in [-0.2, 0) is 10.2 Å². The lowest BCUT2D eigenvalue weighted by atomic mass is 9.92. The second kappa shape index (κ2) is 7.47. The van der Waals surface area contributed by atoms with Gasteiger partial charge in [-0.25, -0.2) is 0 Å². The summed E-state index contributed by atoms with van der Waals surface area (Å²) < 4.78 is 0. The molecule has 2 N–H and O–H groups in total. The van der Waals surface area contributed by atoms with Gasteiger partial charge in [-0.2, -0.15) is 0 Å². The van der Waals surface area contributed by atoms with Crippen LogP contribution in [0.15, 0.2) is 24.3 Å². The zero-order valence-electron chi connectivity index (χ0n) is 13.4. The Morgan fingerprint density at radius 3 is 2.77 bits per heavy atom. The standard InChI is InChI=1S/C18H26N2O.ClH/c1-14-4-2-3-5-16(14)18(9-10-18)13-20-17(21)7-6-15-8-11-19-12-15;/h2-5,15,19H,6-13H2,1H3,(H,20,21);1H. The molecule has 0 aromatic heterocycles. The first kappa shape index (κ1) is 17.3. The molecule has 1 amide bonds. The quantitative estimate of drug-likeness (QED) is 0.845. The van der Waals surface area contributed by atoms with Gasteiger partial charge >= 0.3 is 0 Å². The van der Waals surface area contributed by atoms with Crippen molar-refractivity contribution >= 4 is 18.3 Å². The van der Waals surface area contributed by atoms with E-state index < -0.39 is 0 Å². The van der Waals surface area contributed by atoms with Crippen LogP contribution in [-0.4, -0.2) is 25.5 Å². The number of halogens is 1. The van der Waals surface area contributed by atoms with Crippen molar-refractivity contribution in [2.45, 2.75) is 44.4 Å². The van der Waals surface area contributed by atoms with Gasteiger partial charge in [0.15, 0.2) is 0 Å². The first-order chi connectivity index (χ1) is 10.2. The van der Waals surface area contributed by atoms with Gasteiger partial charge in [0, 0.05) is 18.4 Å². The molecule has 3 rings (SSSR count). The third-order valence-electron chi connectivity index (χ3n) is 5.14. The summed E-state index contributed by atoms with van der Waals surface area (Å²) in [5.41, 5.74) is 2.99. The minimum absolute atomic E-state index is 0. The summed E-state index contributed by atoms with van der Waals surface area (Å²) in [5.74, 6) is 0.920. The highest BCUT2D eigenvalue weighted by Gasteiger charge is 2.44. The smallest absolute Gasteiger partial charge is 0.220 e. The molecule has 1 aliphatic heterocycles. The van der Waals surface area contributed by atoms with E-state index >= 15 is 0 Å². The molecular formula is C18H27ClN2O. The van der Waals surface area contributed by atoms with Gasteiger partial charge < -0.3 is 10.6 Å². The van der Waals surface area contributed by atoms with Crippen LogP contribution in [0.2, 0.25) is 0 Å². The number of amides is 1. The number of carbonyl (C=O) groups excluding carboxylic acids is 1. The Kier molecular flexibility index (Phi) is 5.87. The molecule has 2 fully saturated rings. The van der Waals surface area contributed by atoms with E-state index in [0.717, 1.165) is 26.1 Å². The molecule has 0 spiro atoms. The molecule has 2 aliphatic rings. The van der Waals surface area contributed by atoms with Crippen LogP contribution in [0.3, 0.4) is 0 Å². The van der Waals surface area contributed by atoms with Crippen molar-refractivity contribution < 1.29 is 4.79 Å². The summed E-state index contributed by atoms with van der Waals surface area (Å²) >= 11 is 0. The maximum atomic E-state index is 12.1. The molecule has 1 saturated carbocycles. The van der Waals surface area contributed by atoms with Gasteiger partial charge in [0.25, 0.3) is 0 Å². The summed E-state index contributed by atoms with van der Waals surface area (Å²) in [6.45, 7) is 5.17. The van der Waals surface area contributed by atoms with E-state index in [4.69, 9.17) is 0 Å². The number of hydrogen-bond donors (Lipinski definition) is 2. The van der Waals surface area contributed by atoms with E-state index in [9.17, 15) is 4.79 Å². The molecule has 1 aromatic rings. The van der Waals surface area contributed by atoms with Crippen LogP contribution in [0, 0.1) is 12.8 Å². The number of carbonyl (C=O) groups is 1. The largest absolute Gasteiger partial charge is 0.355 e. The molecule has 0 bridgehead atoms. The molecule has 4 heteroatoms. The SMILES string of the molecule is Cc1ccccc1C1(CNC(=O)CCC2CCNC2)CC1.Cl. The number of nitrogens with one attached hydrogen (secondary N) is 2. The van der Waals surface area contributed by atoms with Crippen molar-refractivity contribution in [3.63, 3.8) is 0 Å². The summed E-state index contributed by atoms with van der Waals surface area (Å²) in [5, 5.41) is 6.53. The van der Waals surface area contributed by atoms with Gasteiger partial charge in [0.05, 0.1) is 0 Å². The Hall–Kier alpha value is -1.06. The number of rotatable bonds is 6. The van der Waals surface area contributed by atoms with Crippen LogP contribution in [0.1, 0.15) is 43.2 Å². The van der Waals surface area contributed by atoms with Gasteiger partial charge in [-0.15, -0.1) is 12.4 Å². The maximum Gasteiger partial charge on any atom is 0.220 e. The Morgan fingerprint density at radius 1 is 1.36 bits per heavy atom. The molecule has 3 nitrogen and oxygen atoms in total. The second-order valence-corrected chi connectivity index (χ2v) is 6.77. The minimum Gasteiger partial charge on any atom is -0.355 e. The van der Waals surface area contributed by atoms with Crippen LogP contribution in [0.25, 0.3) is 0 Å². The van der Waals surface area contributed by atoms with Crippen molar-refractivity contribution in [2.75, 3.05) is 19.6 Å². The second-order valence-electron chi connectivity index (χ2n) is 6.77. The summed E-state index contributed by atoms with van der Waals surface area (Å²) in [7, 11) is 0. The Balaban J connectivity index is 0.00000176. The maximum absolute atomic E-state index is 12.1. The van der Waals surface area contributed by atoms with Crippen LogP contribution < -0.4 is 10.6 Å². The molecule has 1 heterocycles. The van der Waals surface area contributed by atoms with Crippen molar-refractivity contribution in [1.82, 2.24) is 10.6 Å². The van der Waals surface area contributed by atoms with E-state index in [-0.39, 0.29) is 23.7 Å². The average molecular weight is 323 g/mol. The van der Waals surface area contributed by atoms with Gasteiger partial charge in [-0.3, -0.25) is 4.79 Å². The van der Waals surface area contributed by atoms with Crippen molar-refractivity contribution in [2.24, 2.45) is 5.92 Å². The fourth-order valence-corrected chi connectivity index (χ4v) is 3.51. The molecular weight excluding hydrogens is 296 g/mol. The highest BCUT2D eigenvalue weighted by molar-refractivity contribution is 5.85. The monoisotopic (exact) mass is 322 g/mol. The number of aryl methyl sites for hydroxylation is 1. The molecule has 1 aliphatic carbocycles. The van der Waals surface area contributed by atoms with Gasteiger partial charge in [-0.1, -0.05) is 24.3 Å². The van der Waals surface area contributed by atoms with Crippen molar-refractivity contribution in [3.05, 3.63) is 35.4 Å². The molecule has 1 unspecified atom stereocenters. The fraction of sp³-hybridized carbons (Fsp3) is 0.611. The Morgan fingerprint density at radius 2 is 2.14 bits per heavy atom. The first-order valence-electron chi connectivity index (χ1n) is 8.23. The van der Waals surface area contributed by atoms with E-state index in [1.165, 1.54) is 30.4 Å². The van der Waals surface area contributed by atoms with Crippen molar-refractivity contribution in [3.8, 4) is 0 Å². The fourth-order valence-electron chi connectivity index (χ4n) is 3.51. The predicted molar refractivity (Wildman–Crippen MR) is 92.6 cm³/mol. The molecule has 1 saturated heterocycles. The van der Waals surface area contributed by atoms with E-state index in [1.54, 1.807) is 0 Å². The summed E-state index contributed by atoms with van der Waals surface area (Å²) in [4.78, 5) is 12.1. The third kappa shape index (κ3) is 4.02. The van der Waals surface area contributed by atoms with E-state index in [2.05, 4.69) is 41.8 Å². The zero-order valence-corrected chi connectivity index (χ0v) is 14.2. The number of benzene rings is 1. The van der Waals surface area contributed by atoms with E-state index in [0.29, 0.717) is 12.3 Å². The lowest BCUT2D eigenvalue weighted by Gasteiger charge is -2.19. The predicted octanol–water partition coefficient (Wildman–Crippen LogP) is 2.95. The first-order valence-corrected chi connectivity index (χ1v) is 8.23. The molecule has 122 valence electrons. The van der Waals surface area contributed by atoms with Gasteiger partial charge in [0.1, 0.15) is 0 Å². The van der Waals surface area contributed by atoms with Gasteiger partial charge in [-0.05, 0) is 62.7 Å². The highest BCUT2D eigenvalue weighted by atomic mass is 35.5. The third-order valence-corrected chi connectivity index (χ3v) is 5.14. The molecule has 1 aromatic carbocycles. The summed E-state index contributed by atoms with van der Waals surface area (Å²) in [6, 6.07) is 8.59. The van der Waals surface area contributed by atoms with Gasteiger partial charge in [0.2, 0.25) is 5.91 Å². The highest BCUT2D eigenvalue weighted by Crippen LogP contribution is 2.48. The lowest BCUT2D eigenvalue weighted by molar-refractivity contribution is -0.121. The normalized spacial score (nSPS) is 22.0. The van der Waals surface area contributed by atoms with Crippen LogP contribution >= 0.6 is 12.4 Å². The topological polar surface area (TPSA) is 41.1 Å². The molecule has 0 radical (unpaired) electrons. The van der Waals surface area contributed by atoms with E-state index in [1.807, 2.05) is 0 Å². The lowest BCUT2D eigenvalue weighted by Crippen LogP contribution is -2.32. The Labute approximate surface area is 139 Å².